The lowest BCUT2D eigenvalue weighted by Gasteiger charge is -2.18. The lowest BCUT2D eigenvalue weighted by Crippen LogP contribution is -2.40. The van der Waals surface area contributed by atoms with Crippen LogP contribution in [0.2, 0.25) is 0 Å². The number of aromatic nitrogens is 1. The second kappa shape index (κ2) is 9.17. The SMILES string of the molecule is CNC(=O)CC(NC(=O)CNC(=O)c1ccncc1)c1ccccc1. The summed E-state index contributed by atoms with van der Waals surface area (Å²) in [6.45, 7) is -0.182. The highest BCUT2D eigenvalue weighted by molar-refractivity contribution is 5.96. The zero-order chi connectivity index (χ0) is 18.1. The highest BCUT2D eigenvalue weighted by Gasteiger charge is 2.18. The van der Waals surface area contributed by atoms with Crippen LogP contribution in [0.4, 0.5) is 0 Å². The van der Waals surface area contributed by atoms with Crippen LogP contribution < -0.4 is 16.0 Å². The number of rotatable bonds is 7. The van der Waals surface area contributed by atoms with E-state index in [1.807, 2.05) is 30.3 Å². The van der Waals surface area contributed by atoms with E-state index in [2.05, 4.69) is 20.9 Å². The third-order valence-electron chi connectivity index (χ3n) is 3.56. The molecule has 0 spiro atoms. The van der Waals surface area contributed by atoms with Crippen LogP contribution in [0.3, 0.4) is 0 Å². The zero-order valence-corrected chi connectivity index (χ0v) is 13.9. The van der Waals surface area contributed by atoms with E-state index in [1.165, 1.54) is 12.4 Å². The molecule has 0 aliphatic carbocycles. The van der Waals surface area contributed by atoms with Crippen LogP contribution >= 0.6 is 0 Å². The Kier molecular flexibility index (Phi) is 6.65. The molecule has 0 fully saturated rings. The van der Waals surface area contributed by atoms with Gasteiger partial charge in [0.2, 0.25) is 11.8 Å². The lowest BCUT2D eigenvalue weighted by atomic mass is 10.0. The summed E-state index contributed by atoms with van der Waals surface area (Å²) >= 11 is 0. The van der Waals surface area contributed by atoms with Crippen molar-refractivity contribution < 1.29 is 14.4 Å². The van der Waals surface area contributed by atoms with Crippen molar-refractivity contribution in [1.82, 2.24) is 20.9 Å². The molecular formula is C18H20N4O3. The first-order chi connectivity index (χ1) is 12.1. The summed E-state index contributed by atoms with van der Waals surface area (Å²) in [6.07, 6.45) is 3.12. The number of carbonyl (C=O) groups excluding carboxylic acids is 3. The maximum absolute atomic E-state index is 12.2. The van der Waals surface area contributed by atoms with E-state index in [4.69, 9.17) is 0 Å². The molecule has 1 unspecified atom stereocenters. The monoisotopic (exact) mass is 340 g/mol. The van der Waals surface area contributed by atoms with Crippen molar-refractivity contribution in [2.75, 3.05) is 13.6 Å². The van der Waals surface area contributed by atoms with Gasteiger partial charge in [0.05, 0.1) is 19.0 Å². The molecule has 0 radical (unpaired) electrons. The van der Waals surface area contributed by atoms with Crippen molar-refractivity contribution in [1.29, 1.82) is 0 Å². The topological polar surface area (TPSA) is 100 Å². The largest absolute Gasteiger partial charge is 0.359 e. The zero-order valence-electron chi connectivity index (χ0n) is 13.9. The average Bonchev–Trinajstić information content (AvgIpc) is 2.66. The Morgan fingerprint density at radius 3 is 2.32 bits per heavy atom. The third-order valence-corrected chi connectivity index (χ3v) is 3.56. The van der Waals surface area contributed by atoms with Crippen LogP contribution in [0.1, 0.15) is 28.4 Å². The predicted molar refractivity (Wildman–Crippen MR) is 92.6 cm³/mol. The summed E-state index contributed by atoms with van der Waals surface area (Å²) in [5.74, 6) is -0.921. The fourth-order valence-electron chi connectivity index (χ4n) is 2.24. The van der Waals surface area contributed by atoms with Crippen molar-refractivity contribution in [3.05, 3.63) is 66.0 Å². The molecule has 7 heteroatoms. The van der Waals surface area contributed by atoms with E-state index in [-0.39, 0.29) is 30.7 Å². The predicted octanol–water partition coefficient (Wildman–Crippen LogP) is 0.805. The molecule has 130 valence electrons. The Morgan fingerprint density at radius 2 is 1.68 bits per heavy atom. The Morgan fingerprint density at radius 1 is 1.00 bits per heavy atom. The fraction of sp³-hybridized carbons (Fsp3) is 0.222. The summed E-state index contributed by atoms with van der Waals surface area (Å²) in [7, 11) is 1.54. The van der Waals surface area contributed by atoms with Gasteiger partial charge in [0.1, 0.15) is 0 Å². The van der Waals surface area contributed by atoms with E-state index in [0.717, 1.165) is 5.56 Å². The van der Waals surface area contributed by atoms with Crippen LogP contribution in [0, 0.1) is 0 Å². The summed E-state index contributed by atoms with van der Waals surface area (Å²) in [4.78, 5) is 39.6. The molecule has 2 aromatic rings. The molecule has 0 aliphatic rings. The number of pyridine rings is 1. The molecule has 3 amide bonds. The van der Waals surface area contributed by atoms with Gasteiger partial charge in [-0.2, -0.15) is 0 Å². The minimum absolute atomic E-state index is 0.116. The van der Waals surface area contributed by atoms with E-state index >= 15 is 0 Å². The van der Waals surface area contributed by atoms with Crippen molar-refractivity contribution in [3.8, 4) is 0 Å². The molecule has 1 aromatic heterocycles. The second-order valence-electron chi connectivity index (χ2n) is 5.33. The van der Waals surface area contributed by atoms with Crippen LogP contribution in [0.5, 0.6) is 0 Å². The molecule has 0 aliphatic heterocycles. The van der Waals surface area contributed by atoms with Crippen LogP contribution in [0.25, 0.3) is 0 Å². The molecule has 3 N–H and O–H groups in total. The van der Waals surface area contributed by atoms with Gasteiger partial charge >= 0.3 is 0 Å². The minimum Gasteiger partial charge on any atom is -0.359 e. The van der Waals surface area contributed by atoms with Gasteiger partial charge in [-0.1, -0.05) is 30.3 Å². The van der Waals surface area contributed by atoms with Gasteiger partial charge in [-0.3, -0.25) is 19.4 Å². The number of hydrogen-bond donors (Lipinski definition) is 3. The number of benzene rings is 1. The number of nitrogens with zero attached hydrogens (tertiary/aromatic N) is 1. The Hall–Kier alpha value is -3.22. The van der Waals surface area contributed by atoms with Crippen LogP contribution in [-0.4, -0.2) is 36.3 Å². The van der Waals surface area contributed by atoms with E-state index in [9.17, 15) is 14.4 Å². The van der Waals surface area contributed by atoms with Crippen LogP contribution in [0.15, 0.2) is 54.9 Å². The number of nitrogens with one attached hydrogen (secondary N) is 3. The van der Waals surface area contributed by atoms with Gasteiger partial charge in [0.25, 0.3) is 5.91 Å². The molecule has 25 heavy (non-hydrogen) atoms. The number of amides is 3. The first kappa shape index (κ1) is 18.1. The Balaban J connectivity index is 1.95. The molecule has 0 saturated carbocycles. The van der Waals surface area contributed by atoms with Gasteiger partial charge in [-0.15, -0.1) is 0 Å². The minimum atomic E-state index is -0.466. The normalized spacial score (nSPS) is 11.2. The number of carbonyl (C=O) groups is 3. The molecule has 1 aromatic carbocycles. The summed E-state index contributed by atoms with van der Waals surface area (Å²) < 4.78 is 0. The van der Waals surface area contributed by atoms with Gasteiger partial charge in [0, 0.05) is 25.0 Å². The maximum atomic E-state index is 12.2. The first-order valence-electron chi connectivity index (χ1n) is 7.83. The Labute approximate surface area is 145 Å². The molecular weight excluding hydrogens is 320 g/mol. The average molecular weight is 340 g/mol. The van der Waals surface area contributed by atoms with E-state index in [0.29, 0.717) is 5.56 Å². The standard InChI is InChI=1S/C18H20N4O3/c1-19-16(23)11-15(13-5-3-2-4-6-13)22-17(24)12-21-18(25)14-7-9-20-10-8-14/h2-10,15H,11-12H2,1H3,(H,19,23)(H,21,25)(H,22,24). The second-order valence-corrected chi connectivity index (χ2v) is 5.33. The molecule has 1 heterocycles. The summed E-state index contributed by atoms with van der Waals surface area (Å²) in [5.41, 5.74) is 1.24. The Bertz CT molecular complexity index is 720. The smallest absolute Gasteiger partial charge is 0.251 e. The number of hydrogen-bond acceptors (Lipinski definition) is 4. The van der Waals surface area contributed by atoms with E-state index < -0.39 is 6.04 Å². The van der Waals surface area contributed by atoms with Gasteiger partial charge in [-0.05, 0) is 17.7 Å². The quantitative estimate of drug-likeness (QED) is 0.694. The van der Waals surface area contributed by atoms with Crippen molar-refractivity contribution in [3.63, 3.8) is 0 Å². The molecule has 2 rings (SSSR count). The maximum Gasteiger partial charge on any atom is 0.251 e. The molecule has 7 nitrogen and oxygen atoms in total. The molecule has 0 bridgehead atoms. The fourth-order valence-corrected chi connectivity index (χ4v) is 2.24. The highest BCUT2D eigenvalue weighted by atomic mass is 16.2. The van der Waals surface area contributed by atoms with E-state index in [1.54, 1.807) is 19.2 Å². The van der Waals surface area contributed by atoms with Crippen molar-refractivity contribution in [2.24, 2.45) is 0 Å². The summed E-state index contributed by atoms with van der Waals surface area (Å²) in [5, 5.41) is 7.87. The van der Waals surface area contributed by atoms with Crippen LogP contribution in [-0.2, 0) is 9.59 Å². The van der Waals surface area contributed by atoms with Crippen molar-refractivity contribution >= 4 is 17.7 Å². The molecule has 1 atom stereocenters. The molecule has 0 saturated heterocycles. The van der Waals surface area contributed by atoms with Gasteiger partial charge < -0.3 is 16.0 Å². The highest BCUT2D eigenvalue weighted by Crippen LogP contribution is 2.16. The van der Waals surface area contributed by atoms with Gasteiger partial charge in [0.15, 0.2) is 0 Å². The lowest BCUT2D eigenvalue weighted by molar-refractivity contribution is -0.123. The first-order valence-corrected chi connectivity index (χ1v) is 7.83. The summed E-state index contributed by atoms with van der Waals surface area (Å²) in [6, 6.07) is 11.9. The van der Waals surface area contributed by atoms with Crippen molar-refractivity contribution in [2.45, 2.75) is 12.5 Å². The third kappa shape index (κ3) is 5.72. The van der Waals surface area contributed by atoms with Gasteiger partial charge in [-0.25, -0.2) is 0 Å².